The third kappa shape index (κ3) is 2.99. The van der Waals surface area contributed by atoms with Crippen LogP contribution in [0.5, 0.6) is 0 Å². The first-order valence-electron chi connectivity index (χ1n) is 11.4. The molecular formula is C25H17FN8OS. The van der Waals surface area contributed by atoms with Gasteiger partial charge in [-0.2, -0.15) is 0 Å². The highest BCUT2D eigenvalue weighted by molar-refractivity contribution is 7.24. The number of halogens is 1. The summed E-state index contributed by atoms with van der Waals surface area (Å²) in [6.07, 6.45) is 7.42. The number of rotatable bonds is 2. The molecule has 36 heavy (non-hydrogen) atoms. The average Bonchev–Trinajstić information content (AvgIpc) is 3.62. The molecule has 5 aromatic heterocycles. The standard InChI is InChI=1S/C25H17FN8OS/c1-2-3-17(35)34-13-8-12(9-27-10-13)21-20(26)19-15(11-29-21)32-33-24(19)25-30-14-6-7-28-23(22(14)31-25)16-4-5-18(34)36-16/h4-11,32-33H,2-3H2,1H3. The summed E-state index contributed by atoms with van der Waals surface area (Å²) in [7, 11) is 0. The molecule has 8 bridgehead atoms. The Labute approximate surface area is 205 Å². The first-order chi connectivity index (χ1) is 17.6. The number of hydrogen-bond donors (Lipinski definition) is 2. The van der Waals surface area contributed by atoms with Gasteiger partial charge in [-0.1, -0.05) is 6.92 Å². The van der Waals surface area contributed by atoms with E-state index in [2.05, 4.69) is 30.1 Å². The van der Waals surface area contributed by atoms with Crippen LogP contribution in [0, 0.1) is 5.82 Å². The lowest BCUT2D eigenvalue weighted by atomic mass is 10.1. The van der Waals surface area contributed by atoms with Gasteiger partial charge in [0.05, 0.1) is 39.2 Å². The van der Waals surface area contributed by atoms with E-state index in [1.807, 2.05) is 19.1 Å². The van der Waals surface area contributed by atoms with Gasteiger partial charge in [0.25, 0.3) is 0 Å². The van der Waals surface area contributed by atoms with Gasteiger partial charge in [-0.15, -0.1) is 11.3 Å². The molecule has 5 aromatic rings. The summed E-state index contributed by atoms with van der Waals surface area (Å²) < 4.78 is 18.5. The van der Waals surface area contributed by atoms with E-state index in [0.717, 1.165) is 4.70 Å². The highest BCUT2D eigenvalue weighted by atomic mass is 32.1. The van der Waals surface area contributed by atoms with Crippen LogP contribution in [0.25, 0.3) is 64.9 Å². The van der Waals surface area contributed by atoms with Gasteiger partial charge in [-0.25, -0.2) is 14.4 Å². The molecule has 7 rings (SSSR count). The van der Waals surface area contributed by atoms with Gasteiger partial charge in [-0.3, -0.25) is 34.5 Å². The number of carbonyl (C=O) groups is 1. The van der Waals surface area contributed by atoms with Gasteiger partial charge in [0.1, 0.15) is 27.1 Å². The minimum Gasteiger partial charge on any atom is -0.298 e. The molecule has 9 nitrogen and oxygen atoms in total. The number of fused-ring (bicyclic) bond motifs is 9. The predicted octanol–water partition coefficient (Wildman–Crippen LogP) is 5.76. The number of imidazole rings is 1. The quantitative estimate of drug-likeness (QED) is 0.314. The molecule has 0 saturated heterocycles. The smallest absolute Gasteiger partial charge is 0.232 e. The Morgan fingerprint density at radius 2 is 1.97 bits per heavy atom. The maximum atomic E-state index is 16.0. The van der Waals surface area contributed by atoms with Crippen LogP contribution in [0.4, 0.5) is 4.39 Å². The molecule has 0 amide bonds. The Balaban J connectivity index is 1.75. The number of H-pyrrole nitrogens is 2. The van der Waals surface area contributed by atoms with Gasteiger partial charge in [0, 0.05) is 24.2 Å². The number of nitrogens with zero attached hydrogens (tertiary/aromatic N) is 6. The molecule has 0 fully saturated rings. The summed E-state index contributed by atoms with van der Waals surface area (Å²) >= 11 is 1.43. The molecule has 7 heterocycles. The van der Waals surface area contributed by atoms with Crippen molar-refractivity contribution >= 4 is 70.9 Å². The summed E-state index contributed by atoms with van der Waals surface area (Å²) in [6, 6.07) is 7.32. The highest BCUT2D eigenvalue weighted by Crippen LogP contribution is 2.34. The lowest BCUT2D eigenvalue weighted by Crippen LogP contribution is -2.10. The highest BCUT2D eigenvalue weighted by Gasteiger charge is 2.21. The van der Waals surface area contributed by atoms with Crippen molar-refractivity contribution in [3.05, 3.63) is 54.9 Å². The van der Waals surface area contributed by atoms with E-state index < -0.39 is 5.82 Å². The van der Waals surface area contributed by atoms with Crippen molar-refractivity contribution in [2.75, 3.05) is 0 Å². The molecule has 176 valence electrons. The van der Waals surface area contributed by atoms with E-state index >= 15 is 4.39 Å². The van der Waals surface area contributed by atoms with Crippen molar-refractivity contribution in [3.8, 4) is 11.3 Å². The van der Waals surface area contributed by atoms with Crippen molar-refractivity contribution in [3.63, 3.8) is 0 Å². The number of nitrogens with one attached hydrogen (secondary N) is 2. The van der Waals surface area contributed by atoms with Crippen LogP contribution in [-0.4, -0.2) is 45.6 Å². The van der Waals surface area contributed by atoms with Crippen LogP contribution in [0.1, 0.15) is 24.6 Å². The zero-order chi connectivity index (χ0) is 24.4. The van der Waals surface area contributed by atoms with Crippen LogP contribution in [0.2, 0.25) is 0 Å². The largest absolute Gasteiger partial charge is 0.298 e. The normalized spacial score (nSPS) is 11.9. The first kappa shape index (κ1) is 20.8. The zero-order valence-corrected chi connectivity index (χ0v) is 19.7. The predicted molar refractivity (Wildman–Crippen MR) is 137 cm³/mol. The first-order valence-corrected chi connectivity index (χ1v) is 12.2. The fraction of sp³-hybridized carbons (Fsp3) is 0.120. The molecule has 0 aromatic carbocycles. The Morgan fingerprint density at radius 3 is 2.86 bits per heavy atom. The molecule has 0 spiro atoms. The van der Waals surface area contributed by atoms with Crippen LogP contribution in [0.3, 0.4) is 0 Å². The Kier molecular flexibility index (Phi) is 4.48. The number of thiophene rings is 1. The van der Waals surface area contributed by atoms with Gasteiger partial charge in [-0.05, 0) is 30.7 Å². The van der Waals surface area contributed by atoms with Crippen molar-refractivity contribution in [2.45, 2.75) is 19.8 Å². The van der Waals surface area contributed by atoms with Crippen molar-refractivity contribution in [1.82, 2.24) is 39.7 Å². The molecule has 0 aliphatic carbocycles. The number of aromatic amines is 2. The number of pyridine rings is 3. The lowest BCUT2D eigenvalue weighted by Gasteiger charge is -2.07. The van der Waals surface area contributed by atoms with E-state index in [4.69, 9.17) is 4.98 Å². The summed E-state index contributed by atoms with van der Waals surface area (Å²) in [5, 5.41) is 6.42. The second kappa shape index (κ2) is 7.75. The van der Waals surface area contributed by atoms with E-state index in [1.165, 1.54) is 11.3 Å². The number of hydrogen-bond acceptors (Lipinski definition) is 7. The van der Waals surface area contributed by atoms with Crippen molar-refractivity contribution in [1.29, 1.82) is 0 Å². The van der Waals surface area contributed by atoms with E-state index in [0.29, 0.717) is 67.5 Å². The van der Waals surface area contributed by atoms with E-state index in [9.17, 15) is 4.79 Å². The van der Waals surface area contributed by atoms with Crippen LogP contribution in [0.15, 0.2) is 49.1 Å². The Morgan fingerprint density at radius 1 is 1.06 bits per heavy atom. The van der Waals surface area contributed by atoms with Crippen LogP contribution < -0.4 is 0 Å². The van der Waals surface area contributed by atoms with Crippen LogP contribution >= 0.6 is 11.3 Å². The van der Waals surface area contributed by atoms with Gasteiger partial charge < -0.3 is 0 Å². The summed E-state index contributed by atoms with van der Waals surface area (Å²) in [6.45, 7) is 1.95. The summed E-state index contributed by atoms with van der Waals surface area (Å²) in [5.74, 6) is -0.618. The summed E-state index contributed by atoms with van der Waals surface area (Å²) in [5.41, 5.74) is 4.08. The minimum atomic E-state index is -0.537. The van der Waals surface area contributed by atoms with Gasteiger partial charge in [0.15, 0.2) is 11.5 Å². The van der Waals surface area contributed by atoms with Gasteiger partial charge in [0.2, 0.25) is 5.91 Å². The third-order valence-electron chi connectivity index (χ3n) is 6.18. The topological polar surface area (TPSA) is 118 Å². The Hall–Kier alpha value is -4.51. The second-order valence-electron chi connectivity index (χ2n) is 8.46. The number of aromatic nitrogens is 8. The molecule has 11 heteroatoms. The third-order valence-corrected chi connectivity index (χ3v) is 7.25. The SMILES string of the molecule is CCCC(=O)n1c2cncc(c2)c2ncc3[nH][nH]c(c4nc5ccnc(c6ccc1s6)c5n4)-c3c2F. The molecular weight excluding hydrogens is 479 g/mol. The second-order valence-corrected chi connectivity index (χ2v) is 9.52. The van der Waals surface area contributed by atoms with Crippen molar-refractivity contribution < 1.29 is 9.18 Å². The molecule has 0 radical (unpaired) electrons. The Bertz CT molecular complexity index is 2010. The minimum absolute atomic E-state index is 0.0814. The molecule has 2 N–H and O–H groups in total. The maximum Gasteiger partial charge on any atom is 0.232 e. The zero-order valence-electron chi connectivity index (χ0n) is 18.9. The fourth-order valence-electron chi connectivity index (χ4n) is 4.54. The van der Waals surface area contributed by atoms with E-state index in [-0.39, 0.29) is 11.4 Å². The monoisotopic (exact) mass is 496 g/mol. The maximum absolute atomic E-state index is 16.0. The molecule has 2 aliphatic heterocycles. The summed E-state index contributed by atoms with van der Waals surface area (Å²) in [4.78, 5) is 36.7. The molecule has 0 atom stereocenters. The average molecular weight is 497 g/mol. The molecule has 0 unspecified atom stereocenters. The lowest BCUT2D eigenvalue weighted by molar-refractivity contribution is 0.0912. The van der Waals surface area contributed by atoms with Crippen molar-refractivity contribution in [2.24, 2.45) is 0 Å². The van der Waals surface area contributed by atoms with E-state index in [1.54, 1.807) is 41.5 Å². The number of carbonyl (C=O) groups excluding carboxylic acids is 1. The van der Waals surface area contributed by atoms with Gasteiger partial charge >= 0.3 is 0 Å². The molecule has 2 aliphatic rings. The molecule has 0 saturated carbocycles. The fourth-order valence-corrected chi connectivity index (χ4v) is 5.59. The van der Waals surface area contributed by atoms with Crippen LogP contribution in [-0.2, 0) is 0 Å².